The molecule has 0 heterocycles. The van der Waals surface area contributed by atoms with E-state index in [0.29, 0.717) is 0 Å². The van der Waals surface area contributed by atoms with Crippen molar-refractivity contribution >= 4 is 10.0 Å². The minimum absolute atomic E-state index is 0.168. The molecule has 0 aromatic heterocycles. The number of hydrogen-bond donors (Lipinski definition) is 0. The third kappa shape index (κ3) is 5.03. The maximum atomic E-state index is 10.9. The van der Waals surface area contributed by atoms with E-state index in [0.717, 1.165) is 10.6 Å². The van der Waals surface area contributed by atoms with Gasteiger partial charge in [-0.1, -0.05) is 5.92 Å². The van der Waals surface area contributed by atoms with Crippen LogP contribution in [0.15, 0.2) is 0 Å². The summed E-state index contributed by atoms with van der Waals surface area (Å²) in [5.74, 6) is 2.82. The normalized spacial score (nSPS) is 11.8. The third-order valence-electron chi connectivity index (χ3n) is 1.09. The summed E-state index contributed by atoms with van der Waals surface area (Å²) in [6.07, 6.45) is 1.13. The summed E-state index contributed by atoms with van der Waals surface area (Å²) in [6.45, 7) is 5.78. The Hall–Kier alpha value is -0.690. The summed E-state index contributed by atoms with van der Waals surface area (Å²) in [4.78, 5) is 0. The minimum atomic E-state index is -3.17. The summed E-state index contributed by atoms with van der Waals surface area (Å²) in [7, 11) is -1.73. The second-order valence-electron chi connectivity index (χ2n) is 3.72. The zero-order valence-corrected chi connectivity index (χ0v) is 8.99. The lowest BCUT2D eigenvalue weighted by Crippen LogP contribution is -2.20. The Morgan fingerprint density at radius 2 is 1.67 bits per heavy atom. The predicted octanol–water partition coefficient (Wildman–Crippen LogP) is 0.885. The van der Waals surface area contributed by atoms with E-state index < -0.39 is 10.0 Å². The van der Waals surface area contributed by atoms with Crippen molar-refractivity contribution in [3.63, 3.8) is 0 Å². The summed E-state index contributed by atoms with van der Waals surface area (Å²) >= 11 is 0. The fraction of sp³-hybridized carbons (Fsp3) is 0.750. The van der Waals surface area contributed by atoms with E-state index in [1.807, 2.05) is 20.8 Å². The molecule has 0 fully saturated rings. The van der Waals surface area contributed by atoms with Crippen LogP contribution in [0.3, 0.4) is 0 Å². The summed E-state index contributed by atoms with van der Waals surface area (Å²) in [5, 5.41) is 0. The van der Waals surface area contributed by atoms with Crippen LogP contribution >= 0.6 is 0 Å². The molecule has 0 spiro atoms. The maximum Gasteiger partial charge on any atom is 0.238 e. The zero-order chi connectivity index (χ0) is 9.99. The third-order valence-corrected chi connectivity index (χ3v) is 2.17. The average molecular weight is 189 g/mol. The second-order valence-corrected chi connectivity index (χ2v) is 5.73. The monoisotopic (exact) mass is 189 g/mol. The molecule has 0 unspecified atom stereocenters. The molecule has 0 aliphatic carbocycles. The van der Waals surface area contributed by atoms with Crippen molar-refractivity contribution in [2.45, 2.75) is 20.8 Å². The van der Waals surface area contributed by atoms with Gasteiger partial charge in [-0.2, -0.15) is 0 Å². The molecule has 0 aromatic carbocycles. The van der Waals surface area contributed by atoms with E-state index >= 15 is 0 Å². The lowest BCUT2D eigenvalue weighted by Gasteiger charge is -2.10. The molecule has 0 rings (SSSR count). The first-order chi connectivity index (χ1) is 5.13. The van der Waals surface area contributed by atoms with Crippen LogP contribution in [0.4, 0.5) is 0 Å². The second kappa shape index (κ2) is 3.36. The molecule has 0 saturated carbocycles. The highest BCUT2D eigenvalue weighted by molar-refractivity contribution is 7.88. The highest BCUT2D eigenvalue weighted by atomic mass is 32.2. The number of rotatable bonds is 1. The van der Waals surface area contributed by atoms with Gasteiger partial charge in [-0.3, -0.25) is 0 Å². The molecule has 0 aliphatic heterocycles. The van der Waals surface area contributed by atoms with Crippen molar-refractivity contribution in [2.75, 3.05) is 13.3 Å². The van der Waals surface area contributed by atoms with Gasteiger partial charge in [-0.15, -0.1) is 0 Å². The first kappa shape index (κ1) is 11.3. The maximum absolute atomic E-state index is 10.9. The van der Waals surface area contributed by atoms with Crippen LogP contribution in [0.1, 0.15) is 20.8 Å². The van der Waals surface area contributed by atoms with Gasteiger partial charge < -0.3 is 0 Å². The van der Waals surface area contributed by atoms with Gasteiger partial charge in [0.05, 0.1) is 6.26 Å². The quantitative estimate of drug-likeness (QED) is 0.453. The molecule has 70 valence electrons. The van der Waals surface area contributed by atoms with Gasteiger partial charge in [0.1, 0.15) is 0 Å². The van der Waals surface area contributed by atoms with Gasteiger partial charge in [0.2, 0.25) is 10.0 Å². The zero-order valence-electron chi connectivity index (χ0n) is 8.17. The lowest BCUT2D eigenvalue weighted by atomic mass is 9.99. The van der Waals surface area contributed by atoms with E-state index in [1.165, 1.54) is 7.05 Å². The Labute approximate surface area is 74.8 Å². The fourth-order valence-corrected chi connectivity index (χ4v) is 0.541. The van der Waals surface area contributed by atoms with Crippen LogP contribution in [0, 0.1) is 17.4 Å². The minimum Gasteiger partial charge on any atom is -0.232 e. The van der Waals surface area contributed by atoms with Crippen LogP contribution in [0.2, 0.25) is 0 Å². The van der Waals surface area contributed by atoms with Crippen LogP contribution in [-0.2, 0) is 10.0 Å². The summed E-state index contributed by atoms with van der Waals surface area (Å²) in [5.41, 5.74) is -0.168. The summed E-state index contributed by atoms with van der Waals surface area (Å²) in [6, 6.07) is 2.56. The van der Waals surface area contributed by atoms with Gasteiger partial charge in [0.25, 0.3) is 0 Å². The van der Waals surface area contributed by atoms with E-state index in [-0.39, 0.29) is 5.41 Å². The van der Waals surface area contributed by atoms with Crippen molar-refractivity contribution in [3.8, 4) is 12.0 Å². The molecule has 4 heteroatoms. The van der Waals surface area contributed by atoms with E-state index in [2.05, 4.69) is 12.0 Å². The van der Waals surface area contributed by atoms with Crippen LogP contribution in [0.5, 0.6) is 0 Å². The SMILES string of the molecule is CN(C#CC(C)(C)C)S(C)(=O)=O. The van der Waals surface area contributed by atoms with E-state index in [4.69, 9.17) is 0 Å². The molecule has 0 bridgehead atoms. The topological polar surface area (TPSA) is 37.4 Å². The highest BCUT2D eigenvalue weighted by Gasteiger charge is 2.08. The molecule has 0 atom stereocenters. The Bertz CT molecular complexity index is 300. The summed E-state index contributed by atoms with van der Waals surface area (Å²) < 4.78 is 22.8. The van der Waals surface area contributed by atoms with E-state index in [1.54, 1.807) is 0 Å². The van der Waals surface area contributed by atoms with Gasteiger partial charge in [-0.05, 0) is 20.8 Å². The first-order valence-corrected chi connectivity index (χ1v) is 5.44. The molecule has 0 aromatic rings. The first-order valence-electron chi connectivity index (χ1n) is 3.59. The average Bonchev–Trinajstić information content (AvgIpc) is 1.78. The van der Waals surface area contributed by atoms with Crippen LogP contribution < -0.4 is 0 Å². The van der Waals surface area contributed by atoms with Gasteiger partial charge in [0, 0.05) is 18.5 Å². The molecule has 3 nitrogen and oxygen atoms in total. The predicted molar refractivity (Wildman–Crippen MR) is 49.8 cm³/mol. The Kier molecular flexibility index (Phi) is 3.17. The molecule has 0 N–H and O–H groups in total. The fourth-order valence-electron chi connectivity index (χ4n) is 0.329. The standard InChI is InChI=1S/C8H15NO2S/c1-8(2,3)6-7-9(4)12(5,10)11/h1-5H3. The smallest absolute Gasteiger partial charge is 0.232 e. The van der Waals surface area contributed by atoms with Crippen molar-refractivity contribution < 1.29 is 8.42 Å². The molecule has 0 aliphatic rings. The van der Waals surface area contributed by atoms with Crippen molar-refractivity contribution in [1.29, 1.82) is 0 Å². The number of nitrogens with zero attached hydrogens (tertiary/aromatic N) is 1. The van der Waals surface area contributed by atoms with Gasteiger partial charge in [0.15, 0.2) is 0 Å². The lowest BCUT2D eigenvalue weighted by molar-refractivity contribution is 0.546. The Morgan fingerprint density at radius 1 is 1.25 bits per heavy atom. The molecule has 0 radical (unpaired) electrons. The van der Waals surface area contributed by atoms with Crippen LogP contribution in [-0.4, -0.2) is 26.0 Å². The molecular weight excluding hydrogens is 174 g/mol. The van der Waals surface area contributed by atoms with E-state index in [9.17, 15) is 8.42 Å². The number of sulfonamides is 1. The van der Waals surface area contributed by atoms with Crippen LogP contribution in [0.25, 0.3) is 0 Å². The van der Waals surface area contributed by atoms with Gasteiger partial charge >= 0.3 is 0 Å². The largest absolute Gasteiger partial charge is 0.238 e. The van der Waals surface area contributed by atoms with Crippen molar-refractivity contribution in [1.82, 2.24) is 4.31 Å². The molecule has 0 amide bonds. The Balaban J connectivity index is 4.56. The number of hydrogen-bond acceptors (Lipinski definition) is 2. The Morgan fingerprint density at radius 3 is 1.92 bits per heavy atom. The highest BCUT2D eigenvalue weighted by Crippen LogP contribution is 2.09. The molecule has 0 saturated heterocycles. The van der Waals surface area contributed by atoms with Gasteiger partial charge in [-0.25, -0.2) is 12.7 Å². The van der Waals surface area contributed by atoms with Crippen molar-refractivity contribution in [2.24, 2.45) is 5.41 Å². The molecular formula is C8H15NO2S. The molecule has 12 heavy (non-hydrogen) atoms. The van der Waals surface area contributed by atoms with Crippen molar-refractivity contribution in [3.05, 3.63) is 0 Å².